The van der Waals surface area contributed by atoms with Crippen molar-refractivity contribution in [3.05, 3.63) is 64.2 Å². The molecule has 0 heterocycles. The number of carbonyl (C=O) groups excluding carboxylic acids is 1. The molecule has 0 aliphatic heterocycles. The molecule has 10 nitrogen and oxygen atoms in total. The number of rotatable bonds is 9. The Hall–Kier alpha value is -3.47. The molecule has 0 fully saturated rings. The Labute approximate surface area is 174 Å². The largest absolute Gasteiger partial charge is 0.494 e. The van der Waals surface area contributed by atoms with E-state index in [1.807, 2.05) is 6.92 Å². The second-order valence-electron chi connectivity index (χ2n) is 6.24. The maximum absolute atomic E-state index is 12.5. The number of hydrogen-bond donors (Lipinski definition) is 1. The van der Waals surface area contributed by atoms with Crippen LogP contribution in [0.5, 0.6) is 5.75 Å². The van der Waals surface area contributed by atoms with Gasteiger partial charge in [-0.3, -0.25) is 19.2 Å². The third kappa shape index (κ3) is 6.01. The molecule has 0 saturated carbocycles. The summed E-state index contributed by atoms with van der Waals surface area (Å²) in [6, 6.07) is 10.8. The smallest absolute Gasteiger partial charge is 0.269 e. The Bertz CT molecular complexity index is 1020. The summed E-state index contributed by atoms with van der Waals surface area (Å²) in [5.41, 5.74) is 3.06. The predicted molar refractivity (Wildman–Crippen MR) is 113 cm³/mol. The highest BCUT2D eigenvalue weighted by Crippen LogP contribution is 2.24. The molecular formula is C19H22N4O6S. The van der Waals surface area contributed by atoms with Crippen molar-refractivity contribution < 1.29 is 22.9 Å². The normalized spacial score (nSPS) is 12.4. The second-order valence-corrected chi connectivity index (χ2v) is 8.10. The number of hydrogen-bond acceptors (Lipinski definition) is 7. The Morgan fingerprint density at radius 2 is 1.83 bits per heavy atom. The topological polar surface area (TPSA) is 131 Å². The zero-order valence-electron chi connectivity index (χ0n) is 16.7. The molecule has 0 aliphatic carbocycles. The number of amides is 1. The molecule has 1 N–H and O–H groups in total. The van der Waals surface area contributed by atoms with Gasteiger partial charge in [0.25, 0.3) is 11.6 Å². The van der Waals surface area contributed by atoms with E-state index in [0.29, 0.717) is 23.6 Å². The number of nitro groups is 1. The maximum Gasteiger partial charge on any atom is 0.269 e. The van der Waals surface area contributed by atoms with Crippen molar-refractivity contribution in [3.8, 4) is 5.75 Å². The summed E-state index contributed by atoms with van der Waals surface area (Å²) in [4.78, 5) is 22.6. The molecule has 11 heteroatoms. The van der Waals surface area contributed by atoms with Gasteiger partial charge < -0.3 is 4.74 Å². The zero-order chi connectivity index (χ0) is 22.3. The third-order valence-electron chi connectivity index (χ3n) is 3.98. The fraction of sp³-hybridized carbons (Fsp3) is 0.263. The van der Waals surface area contributed by atoms with Gasteiger partial charge >= 0.3 is 0 Å². The van der Waals surface area contributed by atoms with Gasteiger partial charge in [-0.15, -0.1) is 0 Å². The van der Waals surface area contributed by atoms with E-state index in [1.165, 1.54) is 37.4 Å². The van der Waals surface area contributed by atoms with Crippen LogP contribution in [0.1, 0.15) is 19.4 Å². The van der Waals surface area contributed by atoms with Crippen LogP contribution in [0.25, 0.3) is 0 Å². The molecule has 0 spiro atoms. The van der Waals surface area contributed by atoms with Crippen LogP contribution in [0.4, 0.5) is 11.4 Å². The third-order valence-corrected chi connectivity index (χ3v) is 5.22. The van der Waals surface area contributed by atoms with E-state index in [4.69, 9.17) is 4.74 Å². The number of sulfonamides is 1. The van der Waals surface area contributed by atoms with E-state index in [1.54, 1.807) is 24.3 Å². The summed E-state index contributed by atoms with van der Waals surface area (Å²) in [6.45, 7) is 3.75. The average Bonchev–Trinajstić information content (AvgIpc) is 2.69. The number of benzene rings is 2. The van der Waals surface area contributed by atoms with Crippen LogP contribution in [0.2, 0.25) is 0 Å². The van der Waals surface area contributed by atoms with Crippen LogP contribution < -0.4 is 14.5 Å². The standard InChI is InChI=1S/C19H22N4O6S/c1-4-29-18-11-9-16(10-12-18)22(30(3,27)28)14(2)19(24)21-20-13-15-5-7-17(8-6-15)23(25)26/h5-14H,4H2,1-3H3,(H,21,24)/b20-13-/t14-/m1/s1. The Morgan fingerprint density at radius 3 is 2.33 bits per heavy atom. The molecule has 1 amide bonds. The van der Waals surface area contributed by atoms with Gasteiger partial charge in [0.15, 0.2) is 0 Å². The number of nitrogens with zero attached hydrogens (tertiary/aromatic N) is 3. The molecule has 2 aromatic rings. The number of ether oxygens (including phenoxy) is 1. The van der Waals surface area contributed by atoms with Gasteiger partial charge in [-0.2, -0.15) is 5.10 Å². The van der Waals surface area contributed by atoms with Crippen molar-refractivity contribution in [1.82, 2.24) is 5.43 Å². The molecule has 0 aliphatic rings. The van der Waals surface area contributed by atoms with E-state index < -0.39 is 26.9 Å². The summed E-state index contributed by atoms with van der Waals surface area (Å²) < 4.78 is 30.9. The number of anilines is 1. The van der Waals surface area contributed by atoms with Crippen molar-refractivity contribution in [3.63, 3.8) is 0 Å². The molecule has 30 heavy (non-hydrogen) atoms. The number of nitro benzene ring substituents is 1. The summed E-state index contributed by atoms with van der Waals surface area (Å²) in [5.74, 6) is -0.0630. The fourth-order valence-electron chi connectivity index (χ4n) is 2.61. The minimum atomic E-state index is -3.76. The molecule has 1 atom stereocenters. The van der Waals surface area contributed by atoms with Gasteiger partial charge in [-0.05, 0) is 55.8 Å². The number of hydrazone groups is 1. The fourth-order valence-corrected chi connectivity index (χ4v) is 3.79. The van der Waals surface area contributed by atoms with Crippen LogP contribution in [0.15, 0.2) is 53.6 Å². The van der Waals surface area contributed by atoms with E-state index in [2.05, 4.69) is 10.5 Å². The van der Waals surface area contributed by atoms with Crippen molar-refractivity contribution in [2.24, 2.45) is 5.10 Å². The quantitative estimate of drug-likeness (QED) is 0.366. The molecule has 0 aromatic heterocycles. The highest BCUT2D eigenvalue weighted by Gasteiger charge is 2.29. The molecular weight excluding hydrogens is 412 g/mol. The van der Waals surface area contributed by atoms with Crippen molar-refractivity contribution in [2.75, 3.05) is 17.2 Å². The van der Waals surface area contributed by atoms with Gasteiger partial charge in [0.05, 0.1) is 29.7 Å². The zero-order valence-corrected chi connectivity index (χ0v) is 17.5. The lowest BCUT2D eigenvalue weighted by molar-refractivity contribution is -0.384. The summed E-state index contributed by atoms with van der Waals surface area (Å²) >= 11 is 0. The second kappa shape index (κ2) is 9.83. The molecule has 2 rings (SSSR count). The van der Waals surface area contributed by atoms with Gasteiger partial charge in [-0.1, -0.05) is 0 Å². The minimum absolute atomic E-state index is 0.0658. The lowest BCUT2D eigenvalue weighted by atomic mass is 10.2. The molecule has 160 valence electrons. The first-order chi connectivity index (χ1) is 14.1. The van der Waals surface area contributed by atoms with Gasteiger partial charge in [0, 0.05) is 12.1 Å². The van der Waals surface area contributed by atoms with Crippen molar-refractivity contribution in [2.45, 2.75) is 19.9 Å². The number of nitrogens with one attached hydrogen (secondary N) is 1. The van der Waals surface area contributed by atoms with Gasteiger partial charge in [0.2, 0.25) is 10.0 Å². The highest BCUT2D eigenvalue weighted by atomic mass is 32.2. The van der Waals surface area contributed by atoms with Crippen LogP contribution in [0.3, 0.4) is 0 Å². The van der Waals surface area contributed by atoms with Crippen molar-refractivity contribution in [1.29, 1.82) is 0 Å². The average molecular weight is 434 g/mol. The summed E-state index contributed by atoms with van der Waals surface area (Å²) in [7, 11) is -3.76. The lowest BCUT2D eigenvalue weighted by Gasteiger charge is -2.27. The number of non-ortho nitro benzene ring substituents is 1. The summed E-state index contributed by atoms with van der Waals surface area (Å²) in [6.07, 6.45) is 2.31. The Balaban J connectivity index is 2.12. The number of carbonyl (C=O) groups is 1. The molecule has 0 unspecified atom stereocenters. The molecule has 0 bridgehead atoms. The van der Waals surface area contributed by atoms with Crippen LogP contribution >= 0.6 is 0 Å². The minimum Gasteiger partial charge on any atom is -0.494 e. The van der Waals surface area contributed by atoms with Gasteiger partial charge in [-0.25, -0.2) is 13.8 Å². The monoisotopic (exact) mass is 434 g/mol. The first-order valence-corrected chi connectivity index (χ1v) is 10.8. The van der Waals surface area contributed by atoms with E-state index in [-0.39, 0.29) is 5.69 Å². The lowest BCUT2D eigenvalue weighted by Crippen LogP contribution is -2.46. The molecule has 0 saturated heterocycles. The SMILES string of the molecule is CCOc1ccc(N([C@H](C)C(=O)N/N=C\c2ccc([N+](=O)[O-])cc2)S(C)(=O)=O)cc1. The summed E-state index contributed by atoms with van der Waals surface area (Å²) in [5, 5.41) is 14.5. The first-order valence-electron chi connectivity index (χ1n) is 8.93. The van der Waals surface area contributed by atoms with Crippen LogP contribution in [0, 0.1) is 10.1 Å². The first kappa shape index (κ1) is 22.8. The Kier molecular flexibility index (Phi) is 7.48. The van der Waals surface area contributed by atoms with Crippen molar-refractivity contribution >= 4 is 33.5 Å². The Morgan fingerprint density at radius 1 is 1.23 bits per heavy atom. The predicted octanol–water partition coefficient (Wildman–Crippen LogP) is 2.30. The van der Waals surface area contributed by atoms with E-state index in [0.717, 1.165) is 10.6 Å². The highest BCUT2D eigenvalue weighted by molar-refractivity contribution is 7.92. The van der Waals surface area contributed by atoms with E-state index >= 15 is 0 Å². The molecule has 0 radical (unpaired) electrons. The van der Waals surface area contributed by atoms with Crippen LogP contribution in [-0.2, 0) is 14.8 Å². The molecule has 2 aromatic carbocycles. The van der Waals surface area contributed by atoms with Crippen LogP contribution in [-0.4, -0.2) is 44.4 Å². The van der Waals surface area contributed by atoms with Gasteiger partial charge in [0.1, 0.15) is 11.8 Å². The maximum atomic E-state index is 12.5. The van der Waals surface area contributed by atoms with E-state index in [9.17, 15) is 23.3 Å².